The van der Waals surface area contributed by atoms with Gasteiger partial charge in [-0.1, -0.05) is 40.2 Å². The van der Waals surface area contributed by atoms with E-state index in [-0.39, 0.29) is 61.5 Å². The lowest BCUT2D eigenvalue weighted by molar-refractivity contribution is 0.0961. The van der Waals surface area contributed by atoms with Crippen LogP contribution in [0.15, 0.2) is 80.4 Å². The number of aryl methyl sites for hydroxylation is 1. The van der Waals surface area contributed by atoms with Gasteiger partial charge in [0.05, 0.1) is 39.3 Å². The molecule has 0 spiro atoms. The molecule has 0 saturated heterocycles. The second kappa shape index (κ2) is 15.8. The second-order valence-electron chi connectivity index (χ2n) is 9.62. The number of ether oxygens (including phenoxy) is 1. The molecular formula is C31H31BrN2O7S3. The van der Waals surface area contributed by atoms with Crippen LogP contribution in [-0.4, -0.2) is 68.8 Å². The molecule has 13 heteroatoms. The average molecular weight is 720 g/mol. The number of aliphatic hydroxyl groups excluding tert-OH is 1. The Hall–Kier alpha value is -3.04. The third-order valence-corrected chi connectivity index (χ3v) is 10.7. The molecule has 0 saturated carbocycles. The second-order valence-corrected chi connectivity index (χ2v) is 14.3. The van der Waals surface area contributed by atoms with Crippen LogP contribution in [0.5, 0.6) is 5.75 Å². The lowest BCUT2D eigenvalue weighted by atomic mass is 10.1. The Kier molecular flexibility index (Phi) is 12.2. The number of hydrogen-bond donors (Lipinski definition) is 3. The molecule has 2 aromatic carbocycles. The number of aliphatic imine (C=N–C) groups is 1. The van der Waals surface area contributed by atoms with Crippen LogP contribution < -0.4 is 4.72 Å². The largest absolute Gasteiger partial charge is 0.506 e. The first-order valence-electron chi connectivity index (χ1n) is 13.6. The van der Waals surface area contributed by atoms with Gasteiger partial charge in [0.2, 0.25) is 10.0 Å². The number of nitrogens with zero attached hydrogens (tertiary/aromatic N) is 1. The van der Waals surface area contributed by atoms with Gasteiger partial charge in [-0.2, -0.15) is 0 Å². The van der Waals surface area contributed by atoms with Gasteiger partial charge in [0.1, 0.15) is 12.3 Å². The van der Waals surface area contributed by atoms with Gasteiger partial charge in [0, 0.05) is 34.1 Å². The molecule has 0 radical (unpaired) electrons. The van der Waals surface area contributed by atoms with Crippen LogP contribution in [0.3, 0.4) is 0 Å². The molecule has 0 unspecified atom stereocenters. The summed E-state index contributed by atoms with van der Waals surface area (Å²) in [6.45, 7) is 1.89. The van der Waals surface area contributed by atoms with E-state index < -0.39 is 10.0 Å². The number of aromatic hydroxyl groups is 1. The molecule has 0 amide bonds. The Morgan fingerprint density at radius 3 is 2.34 bits per heavy atom. The molecule has 44 heavy (non-hydrogen) atoms. The number of thiophene rings is 2. The molecule has 2 heterocycles. The van der Waals surface area contributed by atoms with E-state index in [4.69, 9.17) is 9.84 Å². The van der Waals surface area contributed by atoms with E-state index in [2.05, 4.69) is 25.6 Å². The van der Waals surface area contributed by atoms with Gasteiger partial charge in [-0.25, -0.2) is 13.1 Å². The van der Waals surface area contributed by atoms with Crippen molar-refractivity contribution in [3.8, 4) is 16.2 Å². The lowest BCUT2D eigenvalue weighted by Gasteiger charge is -2.08. The summed E-state index contributed by atoms with van der Waals surface area (Å²) in [5, 5.41) is 21.3. The predicted octanol–water partition coefficient (Wildman–Crippen LogP) is 5.74. The maximum atomic E-state index is 12.8. The Bertz CT molecular complexity index is 1730. The normalized spacial score (nSPS) is 12.0. The minimum Gasteiger partial charge on any atom is -0.506 e. The third kappa shape index (κ3) is 9.00. The van der Waals surface area contributed by atoms with Crippen molar-refractivity contribution < 1.29 is 33.0 Å². The molecule has 0 fully saturated rings. The van der Waals surface area contributed by atoms with Crippen molar-refractivity contribution in [2.75, 3.05) is 32.9 Å². The van der Waals surface area contributed by atoms with Crippen molar-refractivity contribution in [3.63, 3.8) is 0 Å². The van der Waals surface area contributed by atoms with Crippen molar-refractivity contribution >= 4 is 65.9 Å². The summed E-state index contributed by atoms with van der Waals surface area (Å²) in [4.78, 5) is 31.8. The first kappa shape index (κ1) is 33.8. The number of ketones is 2. The fourth-order valence-corrected chi connectivity index (χ4v) is 7.31. The number of carbonyl (C=O) groups excluding carboxylic acids is 2. The molecule has 232 valence electrons. The summed E-state index contributed by atoms with van der Waals surface area (Å²) in [5.74, 6) is -0.205. The van der Waals surface area contributed by atoms with E-state index in [1.165, 1.54) is 23.5 Å². The monoisotopic (exact) mass is 718 g/mol. The van der Waals surface area contributed by atoms with Crippen molar-refractivity contribution in [2.24, 2.45) is 4.99 Å². The molecule has 0 aliphatic carbocycles. The van der Waals surface area contributed by atoms with Gasteiger partial charge in [0.15, 0.2) is 11.6 Å². The maximum Gasteiger partial charge on any atom is 0.240 e. The minimum atomic E-state index is -3.70. The first-order valence-corrected chi connectivity index (χ1v) is 17.6. The highest BCUT2D eigenvalue weighted by Gasteiger charge is 2.17. The topological polar surface area (TPSA) is 142 Å². The quantitative estimate of drug-likeness (QED) is 0.0762. The van der Waals surface area contributed by atoms with E-state index >= 15 is 0 Å². The molecule has 0 atom stereocenters. The molecule has 0 bridgehead atoms. The Morgan fingerprint density at radius 2 is 1.66 bits per heavy atom. The number of benzene rings is 2. The third-order valence-electron chi connectivity index (χ3n) is 6.52. The van der Waals surface area contributed by atoms with E-state index in [0.717, 1.165) is 31.8 Å². The highest BCUT2D eigenvalue weighted by molar-refractivity contribution is 9.10. The Morgan fingerprint density at radius 1 is 0.977 bits per heavy atom. The fourth-order valence-electron chi connectivity index (χ4n) is 4.12. The lowest BCUT2D eigenvalue weighted by Crippen LogP contribution is -2.27. The molecule has 0 aliphatic rings. The fraction of sp³-hybridized carbons (Fsp3) is 0.258. The van der Waals surface area contributed by atoms with Crippen molar-refractivity contribution in [1.29, 1.82) is 0 Å². The number of Topliss-reactive ketones (excluding diaryl/α,β-unsaturated/α-hetero) is 2. The van der Waals surface area contributed by atoms with Crippen LogP contribution >= 0.6 is 38.6 Å². The van der Waals surface area contributed by atoms with Crippen LogP contribution in [0.25, 0.3) is 10.4 Å². The summed E-state index contributed by atoms with van der Waals surface area (Å²) in [7, 11) is -3.70. The number of rotatable bonds is 16. The predicted molar refractivity (Wildman–Crippen MR) is 177 cm³/mol. The summed E-state index contributed by atoms with van der Waals surface area (Å²) in [6.07, 6.45) is 0.620. The highest BCUT2D eigenvalue weighted by atomic mass is 79.9. The number of hydrogen-bond acceptors (Lipinski definition) is 10. The maximum absolute atomic E-state index is 12.8. The number of nitrogens with one attached hydrogen (secondary N) is 1. The van der Waals surface area contributed by atoms with E-state index in [1.54, 1.807) is 31.2 Å². The zero-order valence-corrected chi connectivity index (χ0v) is 27.8. The molecular weight excluding hydrogens is 688 g/mol. The van der Waals surface area contributed by atoms with Crippen LogP contribution in [0.4, 0.5) is 0 Å². The molecule has 0 aliphatic heterocycles. The number of sulfonamides is 1. The minimum absolute atomic E-state index is 0.0855. The van der Waals surface area contributed by atoms with E-state index in [0.29, 0.717) is 27.5 Å². The first-order chi connectivity index (χ1) is 21.1. The van der Waals surface area contributed by atoms with Gasteiger partial charge in [0.25, 0.3) is 0 Å². The van der Waals surface area contributed by atoms with Crippen molar-refractivity contribution in [2.45, 2.75) is 24.7 Å². The van der Waals surface area contributed by atoms with Gasteiger partial charge >= 0.3 is 0 Å². The summed E-state index contributed by atoms with van der Waals surface area (Å²) in [6, 6.07) is 17.2. The Balaban J connectivity index is 1.29. The van der Waals surface area contributed by atoms with Crippen LogP contribution in [0.1, 0.15) is 43.8 Å². The molecule has 2 aromatic heterocycles. The summed E-state index contributed by atoms with van der Waals surface area (Å²) < 4.78 is 33.2. The van der Waals surface area contributed by atoms with E-state index in [9.17, 15) is 23.1 Å². The van der Waals surface area contributed by atoms with E-state index in [1.807, 2.05) is 29.6 Å². The van der Waals surface area contributed by atoms with Gasteiger partial charge in [-0.15, -0.1) is 22.7 Å². The summed E-state index contributed by atoms with van der Waals surface area (Å²) >= 11 is 5.94. The van der Waals surface area contributed by atoms with Crippen molar-refractivity contribution in [3.05, 3.63) is 91.4 Å². The number of halogens is 1. The van der Waals surface area contributed by atoms with Crippen molar-refractivity contribution in [1.82, 2.24) is 4.72 Å². The van der Waals surface area contributed by atoms with Gasteiger partial charge < -0.3 is 14.9 Å². The smallest absolute Gasteiger partial charge is 0.240 e. The molecule has 4 aromatic rings. The Labute approximate surface area is 272 Å². The zero-order valence-electron chi connectivity index (χ0n) is 23.8. The average Bonchev–Trinajstić information content (AvgIpc) is 3.67. The highest BCUT2D eigenvalue weighted by Crippen LogP contribution is 2.39. The molecule has 4 rings (SSSR count). The van der Waals surface area contributed by atoms with Gasteiger partial charge in [-0.05, 0) is 60.9 Å². The van der Waals surface area contributed by atoms with Crippen LogP contribution in [-0.2, 0) is 21.2 Å². The zero-order chi connectivity index (χ0) is 31.7. The number of carbonyl (C=O) groups is 2. The van der Waals surface area contributed by atoms with Gasteiger partial charge in [-0.3, -0.25) is 14.6 Å². The number of aliphatic hydroxyl groups is 1. The van der Waals surface area contributed by atoms with Crippen LogP contribution in [0, 0.1) is 0 Å². The standard InChI is InChI=1S/C31H31BrN2O7S3/c1-20(25-19-42-31(30(25)38)22-5-7-23(32)8-6-22)33-18-27(37)29-13-12-28(43-29)26(36)11-4-21-2-9-24(10-3-21)44(39,40)34-14-16-41-17-15-35/h2-3,5-10,12-13,19,34-35,38H,4,11,14-18H2,1H3. The molecule has 3 N–H and O–H groups in total. The SMILES string of the molecule is CC(=NCC(=O)c1ccc(C(=O)CCc2ccc(S(=O)(=O)NCCOCCO)cc2)s1)c1csc(-c2ccc(Br)cc2)c1O. The molecule has 9 nitrogen and oxygen atoms in total. The van der Waals surface area contributed by atoms with Crippen LogP contribution in [0.2, 0.25) is 0 Å². The summed E-state index contributed by atoms with van der Waals surface area (Å²) in [5.41, 5.74) is 2.82.